The van der Waals surface area contributed by atoms with Gasteiger partial charge in [0.15, 0.2) is 17.3 Å². The van der Waals surface area contributed by atoms with E-state index in [1.807, 2.05) is 55.5 Å². The molecule has 5 rings (SSSR count). The van der Waals surface area contributed by atoms with E-state index in [-0.39, 0.29) is 18.2 Å². The Balaban J connectivity index is 0.00000336. The predicted molar refractivity (Wildman–Crippen MR) is 154 cm³/mol. The van der Waals surface area contributed by atoms with E-state index in [0.717, 1.165) is 59.8 Å². The number of hydrogen-bond donors (Lipinski definition) is 0. The van der Waals surface area contributed by atoms with Crippen LogP contribution in [0, 0.1) is 6.92 Å². The van der Waals surface area contributed by atoms with Crippen molar-refractivity contribution in [3.8, 4) is 17.2 Å². The molecule has 0 saturated carbocycles. The van der Waals surface area contributed by atoms with Crippen LogP contribution < -0.4 is 24.0 Å². The first-order valence-electron chi connectivity index (χ1n) is 12.3. The van der Waals surface area contributed by atoms with Crippen molar-refractivity contribution in [2.45, 2.75) is 6.92 Å². The summed E-state index contributed by atoms with van der Waals surface area (Å²) in [5.41, 5.74) is 5.13. The molecule has 0 N–H and O–H groups in total. The van der Waals surface area contributed by atoms with Gasteiger partial charge in [0.2, 0.25) is 0 Å². The van der Waals surface area contributed by atoms with Crippen LogP contribution in [0.1, 0.15) is 21.5 Å². The number of piperazine rings is 1. The fourth-order valence-electron chi connectivity index (χ4n) is 4.85. The Kier molecular flexibility index (Phi) is 8.27. The molecule has 0 spiro atoms. The van der Waals surface area contributed by atoms with E-state index in [9.17, 15) is 4.79 Å². The molecular weight excluding hydrogens is 502 g/mol. The lowest BCUT2D eigenvalue weighted by molar-refractivity contribution is 0.103. The molecule has 0 atom stereocenters. The van der Waals surface area contributed by atoms with E-state index in [2.05, 4.69) is 26.9 Å². The van der Waals surface area contributed by atoms with E-state index >= 15 is 0 Å². The third kappa shape index (κ3) is 5.20. The molecule has 1 aliphatic heterocycles. The fraction of sp³-hybridized carbons (Fsp3) is 0.267. The zero-order valence-electron chi connectivity index (χ0n) is 22.1. The predicted octanol–water partition coefficient (Wildman–Crippen LogP) is 5.55. The van der Waals surface area contributed by atoms with Crippen LogP contribution in [0.15, 0.2) is 66.9 Å². The highest BCUT2D eigenvalue weighted by atomic mass is 35.5. The molecule has 0 radical (unpaired) electrons. The maximum absolute atomic E-state index is 13.7. The maximum Gasteiger partial charge on any atom is 0.196 e. The van der Waals surface area contributed by atoms with Crippen LogP contribution in [-0.2, 0) is 0 Å². The summed E-state index contributed by atoms with van der Waals surface area (Å²) in [6, 6.07) is 19.6. The molecular formula is C30H32ClN3O4. The zero-order chi connectivity index (χ0) is 25.9. The summed E-state index contributed by atoms with van der Waals surface area (Å²) in [5, 5.41) is 0.869. The molecule has 0 amide bonds. The molecule has 0 aliphatic carbocycles. The Hall–Kier alpha value is -3.97. The van der Waals surface area contributed by atoms with Crippen molar-refractivity contribution in [2.24, 2.45) is 0 Å². The van der Waals surface area contributed by atoms with Crippen molar-refractivity contribution < 1.29 is 19.0 Å². The first-order chi connectivity index (χ1) is 18.0. The Morgan fingerprint density at radius 3 is 2.00 bits per heavy atom. The normalized spacial score (nSPS) is 13.2. The Morgan fingerprint density at radius 2 is 1.39 bits per heavy atom. The lowest BCUT2D eigenvalue weighted by Gasteiger charge is -2.38. The number of pyridine rings is 1. The lowest BCUT2D eigenvalue weighted by Crippen LogP contribution is -2.47. The number of ether oxygens (including phenoxy) is 3. The SMILES string of the molecule is COc1ccc(N2CCN(c3c(C(=O)c4ccc(C)cc4)cnc4cc(OC)c(OC)cc34)CC2)cc1.Cl. The molecule has 0 bridgehead atoms. The molecule has 8 heteroatoms. The Labute approximate surface area is 229 Å². The smallest absolute Gasteiger partial charge is 0.196 e. The van der Waals surface area contributed by atoms with E-state index in [1.165, 1.54) is 0 Å². The van der Waals surface area contributed by atoms with Gasteiger partial charge in [-0.05, 0) is 37.3 Å². The van der Waals surface area contributed by atoms with Gasteiger partial charge >= 0.3 is 0 Å². The van der Waals surface area contributed by atoms with Crippen LogP contribution in [0.5, 0.6) is 17.2 Å². The lowest BCUT2D eigenvalue weighted by atomic mass is 9.98. The van der Waals surface area contributed by atoms with Gasteiger partial charge in [-0.2, -0.15) is 0 Å². The van der Waals surface area contributed by atoms with Gasteiger partial charge in [-0.15, -0.1) is 12.4 Å². The standard InChI is InChI=1S/C30H31N3O4.ClH/c1-20-5-7-21(8-6-20)30(34)25-19-31-26-18-28(37-4)27(36-3)17-24(26)29(25)33-15-13-32(14-16-33)22-9-11-23(35-2)12-10-22;/h5-12,17-19H,13-16H2,1-4H3;1H. The highest BCUT2D eigenvalue weighted by Crippen LogP contribution is 2.39. The van der Waals surface area contributed by atoms with Crippen LogP contribution in [-0.4, -0.2) is 58.3 Å². The maximum atomic E-state index is 13.7. The van der Waals surface area contributed by atoms with Crippen molar-refractivity contribution in [2.75, 3.05) is 57.3 Å². The van der Waals surface area contributed by atoms with Gasteiger partial charge in [0.25, 0.3) is 0 Å². The number of ketones is 1. The summed E-state index contributed by atoms with van der Waals surface area (Å²) in [7, 11) is 4.90. The van der Waals surface area contributed by atoms with Gasteiger partial charge in [0.1, 0.15) is 5.75 Å². The van der Waals surface area contributed by atoms with Gasteiger partial charge in [-0.25, -0.2) is 0 Å². The third-order valence-electron chi connectivity index (χ3n) is 6.94. The largest absolute Gasteiger partial charge is 0.497 e. The van der Waals surface area contributed by atoms with E-state index in [4.69, 9.17) is 14.2 Å². The summed E-state index contributed by atoms with van der Waals surface area (Å²) in [5.74, 6) is 2.01. The molecule has 4 aromatic rings. The minimum absolute atomic E-state index is 0. The average molecular weight is 534 g/mol. The number of nitrogens with zero attached hydrogens (tertiary/aromatic N) is 3. The first kappa shape index (κ1) is 27.1. The van der Waals surface area contributed by atoms with E-state index in [0.29, 0.717) is 22.6 Å². The molecule has 1 saturated heterocycles. The van der Waals surface area contributed by atoms with Gasteiger partial charge < -0.3 is 24.0 Å². The number of anilines is 2. The van der Waals surface area contributed by atoms with Crippen LogP contribution in [0.2, 0.25) is 0 Å². The summed E-state index contributed by atoms with van der Waals surface area (Å²) < 4.78 is 16.4. The van der Waals surface area contributed by atoms with Crippen molar-refractivity contribution >= 4 is 40.5 Å². The van der Waals surface area contributed by atoms with Gasteiger partial charge in [-0.3, -0.25) is 9.78 Å². The highest BCUT2D eigenvalue weighted by Gasteiger charge is 2.26. The minimum Gasteiger partial charge on any atom is -0.497 e. The number of aryl methyl sites for hydroxylation is 1. The first-order valence-corrected chi connectivity index (χ1v) is 12.3. The fourth-order valence-corrected chi connectivity index (χ4v) is 4.85. The van der Waals surface area contributed by atoms with E-state index < -0.39 is 0 Å². The number of halogens is 1. The van der Waals surface area contributed by atoms with Gasteiger partial charge in [0.05, 0.1) is 38.1 Å². The highest BCUT2D eigenvalue weighted by molar-refractivity contribution is 6.16. The number of hydrogen-bond acceptors (Lipinski definition) is 7. The third-order valence-corrected chi connectivity index (χ3v) is 6.94. The van der Waals surface area contributed by atoms with Crippen molar-refractivity contribution in [1.29, 1.82) is 0 Å². The summed E-state index contributed by atoms with van der Waals surface area (Å²) in [4.78, 5) is 23.0. The number of carbonyl (C=O) groups excluding carboxylic acids is 1. The number of carbonyl (C=O) groups is 1. The summed E-state index contributed by atoms with van der Waals surface area (Å²) in [6.07, 6.45) is 1.70. The van der Waals surface area contributed by atoms with Crippen molar-refractivity contribution in [1.82, 2.24) is 4.98 Å². The van der Waals surface area contributed by atoms with Crippen molar-refractivity contribution in [3.63, 3.8) is 0 Å². The van der Waals surface area contributed by atoms with Gasteiger partial charge in [-0.1, -0.05) is 29.8 Å². The number of methoxy groups -OCH3 is 3. The van der Waals surface area contributed by atoms with E-state index in [1.54, 1.807) is 27.5 Å². The number of aromatic nitrogens is 1. The zero-order valence-corrected chi connectivity index (χ0v) is 22.9. The number of fused-ring (bicyclic) bond motifs is 1. The second kappa shape index (κ2) is 11.6. The number of benzene rings is 3. The molecule has 38 heavy (non-hydrogen) atoms. The second-order valence-corrected chi connectivity index (χ2v) is 9.11. The minimum atomic E-state index is -0.0447. The molecule has 0 unspecified atom stereocenters. The topological polar surface area (TPSA) is 64.1 Å². The second-order valence-electron chi connectivity index (χ2n) is 9.11. The molecule has 3 aromatic carbocycles. The number of rotatable bonds is 7. The summed E-state index contributed by atoms with van der Waals surface area (Å²) >= 11 is 0. The molecule has 1 fully saturated rings. The van der Waals surface area contributed by atoms with Crippen LogP contribution >= 0.6 is 12.4 Å². The average Bonchev–Trinajstić information content (AvgIpc) is 2.96. The quantitative estimate of drug-likeness (QED) is 0.289. The molecule has 198 valence electrons. The van der Waals surface area contributed by atoms with Crippen molar-refractivity contribution in [3.05, 3.63) is 83.6 Å². The van der Waals surface area contributed by atoms with Gasteiger partial charge in [0, 0.05) is 55.1 Å². The molecule has 7 nitrogen and oxygen atoms in total. The Bertz CT molecular complexity index is 1420. The Morgan fingerprint density at radius 1 is 0.789 bits per heavy atom. The van der Waals surface area contributed by atoms with Crippen LogP contribution in [0.25, 0.3) is 10.9 Å². The summed E-state index contributed by atoms with van der Waals surface area (Å²) in [6.45, 7) is 5.17. The molecule has 1 aliphatic rings. The monoisotopic (exact) mass is 533 g/mol. The molecule has 1 aromatic heterocycles. The molecule has 2 heterocycles. The van der Waals surface area contributed by atoms with Crippen LogP contribution in [0.4, 0.5) is 11.4 Å². The van der Waals surface area contributed by atoms with Crippen LogP contribution in [0.3, 0.4) is 0 Å².